The number of benzene rings is 1. The summed E-state index contributed by atoms with van der Waals surface area (Å²) in [4.78, 5) is 0. The number of nitrogens with zero attached hydrogens (tertiary/aromatic N) is 1. The maximum absolute atomic E-state index is 8.82. The van der Waals surface area contributed by atoms with Gasteiger partial charge in [0.15, 0.2) is 0 Å². The molecule has 0 aliphatic carbocycles. The van der Waals surface area contributed by atoms with Crippen molar-refractivity contribution in [1.82, 2.24) is 5.32 Å². The van der Waals surface area contributed by atoms with Crippen LogP contribution in [0.1, 0.15) is 11.1 Å². The molecule has 1 unspecified atom stereocenters. The molecular formula is C13H16N2O2. The van der Waals surface area contributed by atoms with Gasteiger partial charge in [0.1, 0.15) is 18.5 Å². The van der Waals surface area contributed by atoms with Crippen molar-refractivity contribution in [1.29, 1.82) is 5.26 Å². The van der Waals surface area contributed by atoms with E-state index in [4.69, 9.17) is 14.7 Å². The summed E-state index contributed by atoms with van der Waals surface area (Å²) in [6.07, 6.45) is 0.111. The van der Waals surface area contributed by atoms with E-state index in [1.165, 1.54) is 0 Å². The Balaban J connectivity index is 1.90. The fourth-order valence-corrected chi connectivity index (χ4v) is 1.77. The van der Waals surface area contributed by atoms with E-state index in [-0.39, 0.29) is 6.10 Å². The van der Waals surface area contributed by atoms with Crippen molar-refractivity contribution < 1.29 is 9.47 Å². The number of aryl methyl sites for hydroxylation is 1. The fraction of sp³-hybridized carbons (Fsp3) is 0.462. The number of morpholine rings is 1. The van der Waals surface area contributed by atoms with Crippen LogP contribution in [0.25, 0.3) is 0 Å². The second-order valence-electron chi connectivity index (χ2n) is 4.10. The smallest absolute Gasteiger partial charge is 0.119 e. The minimum Gasteiger partial charge on any atom is -0.491 e. The Kier molecular flexibility index (Phi) is 3.97. The number of nitrogens with one attached hydrogen (secondary N) is 1. The third-order valence-corrected chi connectivity index (χ3v) is 2.76. The first-order chi connectivity index (χ1) is 8.29. The average Bonchev–Trinajstić information content (AvgIpc) is 2.38. The Hall–Kier alpha value is -1.57. The van der Waals surface area contributed by atoms with E-state index in [1.807, 2.05) is 19.1 Å². The predicted octanol–water partition coefficient (Wildman–Crippen LogP) is 1.23. The minimum atomic E-state index is 0.111. The van der Waals surface area contributed by atoms with Gasteiger partial charge in [0.25, 0.3) is 0 Å². The van der Waals surface area contributed by atoms with Crippen molar-refractivity contribution in [2.45, 2.75) is 13.0 Å². The van der Waals surface area contributed by atoms with Gasteiger partial charge >= 0.3 is 0 Å². The highest BCUT2D eigenvalue weighted by Gasteiger charge is 2.13. The van der Waals surface area contributed by atoms with Gasteiger partial charge in [0.05, 0.1) is 18.2 Å². The van der Waals surface area contributed by atoms with Crippen LogP contribution in [0.4, 0.5) is 0 Å². The highest BCUT2D eigenvalue weighted by Crippen LogP contribution is 2.17. The Labute approximate surface area is 101 Å². The molecule has 0 bridgehead atoms. The standard InChI is InChI=1S/C13H16N2O2/c1-10-6-12(3-2-11(10)7-14)17-9-13-8-15-4-5-16-13/h2-3,6,13,15H,4-5,8-9H2,1H3. The molecule has 1 heterocycles. The van der Waals surface area contributed by atoms with Crippen molar-refractivity contribution in [2.24, 2.45) is 0 Å². The van der Waals surface area contributed by atoms with Crippen LogP contribution in [0.15, 0.2) is 18.2 Å². The minimum absolute atomic E-state index is 0.111. The summed E-state index contributed by atoms with van der Waals surface area (Å²) in [5.74, 6) is 0.788. The molecule has 1 aromatic carbocycles. The molecule has 4 heteroatoms. The van der Waals surface area contributed by atoms with E-state index in [9.17, 15) is 0 Å². The molecule has 0 saturated carbocycles. The van der Waals surface area contributed by atoms with Crippen LogP contribution in [0.2, 0.25) is 0 Å². The highest BCUT2D eigenvalue weighted by atomic mass is 16.5. The first-order valence-corrected chi connectivity index (χ1v) is 5.75. The molecule has 90 valence electrons. The molecule has 1 N–H and O–H groups in total. The molecule has 0 spiro atoms. The summed E-state index contributed by atoms with van der Waals surface area (Å²) in [7, 11) is 0. The summed E-state index contributed by atoms with van der Waals surface area (Å²) < 4.78 is 11.2. The van der Waals surface area contributed by atoms with Crippen LogP contribution in [0.5, 0.6) is 5.75 Å². The van der Waals surface area contributed by atoms with Gasteiger partial charge in [-0.05, 0) is 30.7 Å². The lowest BCUT2D eigenvalue weighted by Crippen LogP contribution is -2.41. The highest BCUT2D eigenvalue weighted by molar-refractivity contribution is 5.41. The largest absolute Gasteiger partial charge is 0.491 e. The van der Waals surface area contributed by atoms with Crippen LogP contribution in [0.3, 0.4) is 0 Å². The van der Waals surface area contributed by atoms with Crippen molar-refractivity contribution in [3.63, 3.8) is 0 Å². The number of hydrogen-bond donors (Lipinski definition) is 1. The van der Waals surface area contributed by atoms with E-state index in [2.05, 4.69) is 11.4 Å². The third-order valence-electron chi connectivity index (χ3n) is 2.76. The SMILES string of the molecule is Cc1cc(OCC2CNCCO2)ccc1C#N. The molecule has 17 heavy (non-hydrogen) atoms. The first-order valence-electron chi connectivity index (χ1n) is 5.75. The van der Waals surface area contributed by atoms with Gasteiger partial charge in [-0.3, -0.25) is 0 Å². The van der Waals surface area contributed by atoms with Gasteiger partial charge in [-0.25, -0.2) is 0 Å². The van der Waals surface area contributed by atoms with E-state index in [0.717, 1.165) is 31.0 Å². The normalized spacial score (nSPS) is 19.6. The quantitative estimate of drug-likeness (QED) is 0.851. The number of nitriles is 1. The maximum atomic E-state index is 8.82. The molecular weight excluding hydrogens is 216 g/mol. The molecule has 1 aliphatic rings. The Morgan fingerprint density at radius 2 is 2.47 bits per heavy atom. The van der Waals surface area contributed by atoms with E-state index < -0.39 is 0 Å². The third kappa shape index (κ3) is 3.19. The summed E-state index contributed by atoms with van der Waals surface area (Å²) in [6, 6.07) is 7.63. The van der Waals surface area contributed by atoms with Gasteiger partial charge in [0, 0.05) is 13.1 Å². The first kappa shape index (κ1) is 11.9. The van der Waals surface area contributed by atoms with Crippen LogP contribution in [-0.2, 0) is 4.74 Å². The molecule has 1 aromatic rings. The zero-order valence-corrected chi connectivity index (χ0v) is 9.90. The molecule has 0 aromatic heterocycles. The molecule has 1 saturated heterocycles. The number of ether oxygens (including phenoxy) is 2. The van der Waals surface area contributed by atoms with E-state index in [0.29, 0.717) is 12.2 Å². The number of hydrogen-bond acceptors (Lipinski definition) is 4. The molecule has 1 atom stereocenters. The van der Waals surface area contributed by atoms with Crippen LogP contribution in [0, 0.1) is 18.3 Å². The van der Waals surface area contributed by atoms with Gasteiger partial charge in [-0.2, -0.15) is 5.26 Å². The van der Waals surface area contributed by atoms with Gasteiger partial charge < -0.3 is 14.8 Å². The Morgan fingerprint density at radius 1 is 1.59 bits per heavy atom. The fourth-order valence-electron chi connectivity index (χ4n) is 1.77. The van der Waals surface area contributed by atoms with Crippen LogP contribution in [-0.4, -0.2) is 32.4 Å². The van der Waals surface area contributed by atoms with Crippen molar-refractivity contribution in [2.75, 3.05) is 26.3 Å². The molecule has 1 aliphatic heterocycles. The Bertz CT molecular complexity index is 420. The second kappa shape index (κ2) is 5.67. The maximum Gasteiger partial charge on any atom is 0.119 e. The summed E-state index contributed by atoms with van der Waals surface area (Å²) in [5, 5.41) is 12.1. The van der Waals surface area contributed by atoms with Gasteiger partial charge in [-0.15, -0.1) is 0 Å². The molecule has 0 amide bonds. The summed E-state index contributed by atoms with van der Waals surface area (Å²) in [6.45, 7) is 4.92. The molecule has 0 radical (unpaired) electrons. The monoisotopic (exact) mass is 232 g/mol. The van der Waals surface area contributed by atoms with Crippen LogP contribution >= 0.6 is 0 Å². The van der Waals surface area contributed by atoms with E-state index in [1.54, 1.807) is 6.07 Å². The lowest BCUT2D eigenvalue weighted by atomic mass is 10.1. The molecule has 2 rings (SSSR count). The zero-order valence-electron chi connectivity index (χ0n) is 9.90. The van der Waals surface area contributed by atoms with Crippen molar-refractivity contribution in [3.05, 3.63) is 29.3 Å². The predicted molar refractivity (Wildman–Crippen MR) is 64.0 cm³/mol. The Morgan fingerprint density at radius 3 is 3.12 bits per heavy atom. The topological polar surface area (TPSA) is 54.3 Å². The van der Waals surface area contributed by atoms with E-state index >= 15 is 0 Å². The lowest BCUT2D eigenvalue weighted by Gasteiger charge is -2.23. The summed E-state index contributed by atoms with van der Waals surface area (Å²) in [5.41, 5.74) is 1.63. The number of rotatable bonds is 3. The molecule has 4 nitrogen and oxygen atoms in total. The average molecular weight is 232 g/mol. The lowest BCUT2D eigenvalue weighted by molar-refractivity contribution is 0.000184. The zero-order chi connectivity index (χ0) is 12.1. The summed E-state index contributed by atoms with van der Waals surface area (Å²) >= 11 is 0. The second-order valence-corrected chi connectivity index (χ2v) is 4.10. The van der Waals surface area contributed by atoms with Crippen molar-refractivity contribution >= 4 is 0 Å². The van der Waals surface area contributed by atoms with Gasteiger partial charge in [0.2, 0.25) is 0 Å². The van der Waals surface area contributed by atoms with Crippen molar-refractivity contribution in [3.8, 4) is 11.8 Å². The van der Waals surface area contributed by atoms with Crippen LogP contribution < -0.4 is 10.1 Å². The van der Waals surface area contributed by atoms with Gasteiger partial charge in [-0.1, -0.05) is 0 Å². The molecule has 1 fully saturated rings.